The minimum atomic E-state index is -0.744. The van der Waals surface area contributed by atoms with Gasteiger partial charge >= 0.3 is 0 Å². The van der Waals surface area contributed by atoms with Gasteiger partial charge in [-0.25, -0.2) is 37.3 Å². The van der Waals surface area contributed by atoms with Crippen LogP contribution in [-0.2, 0) is 0 Å². The molecule has 3 amide bonds. The van der Waals surface area contributed by atoms with E-state index in [0.717, 1.165) is 213 Å². The molecule has 6 aliphatic rings. The van der Waals surface area contributed by atoms with Crippen LogP contribution in [0.3, 0.4) is 0 Å². The molecule has 99 heavy (non-hydrogen) atoms. The van der Waals surface area contributed by atoms with Crippen molar-refractivity contribution in [1.82, 2.24) is 58.5 Å². The average Bonchev–Trinajstić information content (AvgIpc) is 1.75. The second kappa shape index (κ2) is 28.2. The van der Waals surface area contributed by atoms with E-state index in [0.29, 0.717) is 35.5 Å². The molecule has 0 aliphatic carbocycles. The molecular weight excluding hydrogens is 1270 g/mol. The molecule has 0 spiro atoms. The first-order chi connectivity index (χ1) is 47.8. The highest BCUT2D eigenvalue weighted by molar-refractivity contribution is 6.34. The number of phenolic OH excluding ortho intramolecular Hbond substituents is 1. The molecular formula is C76H87ClF2N16O4. The molecule has 6 aliphatic heterocycles. The van der Waals surface area contributed by atoms with E-state index < -0.39 is 11.6 Å². The maximum atomic E-state index is 14.1. The number of halogens is 3. The SMILES string of the molecule is Cc1cn2nc(C3CCCCN3C(=O)c3cccc4ccccc34)cc2nc1N1CC[C@H](N)C1.Cc1cn2nc([C@@H]3CCCCN3C(=O)c3cc(F)cc(F)c3C)cc2nc1N1CC[C@H](C)C1.Cc1cn2nc([C@@H]3CCCCN3C(=O)c3cc(O)ccc3Cl)cc2nc1N1CC[C@H](C)C1. The van der Waals surface area contributed by atoms with E-state index in [1.165, 1.54) is 25.5 Å². The number of piperidine rings is 3. The minimum absolute atomic E-state index is 0.0301. The zero-order valence-corrected chi connectivity index (χ0v) is 58.1. The number of hydrogen-bond acceptors (Lipinski definition) is 14. The number of aromatic hydroxyl groups is 1. The molecule has 16 rings (SSSR count). The molecule has 0 radical (unpaired) electrons. The van der Waals surface area contributed by atoms with Gasteiger partial charge in [-0.3, -0.25) is 14.4 Å². The van der Waals surface area contributed by atoms with Crippen LogP contribution in [0.2, 0.25) is 5.02 Å². The summed E-state index contributed by atoms with van der Waals surface area (Å²) < 4.78 is 33.5. The highest BCUT2D eigenvalue weighted by Crippen LogP contribution is 2.39. The van der Waals surface area contributed by atoms with E-state index in [-0.39, 0.29) is 58.8 Å². The van der Waals surface area contributed by atoms with Crippen LogP contribution >= 0.6 is 11.6 Å². The van der Waals surface area contributed by atoms with Crippen molar-refractivity contribution in [1.29, 1.82) is 0 Å². The molecule has 0 bridgehead atoms. The number of likely N-dealkylation sites (tertiary alicyclic amines) is 3. The predicted octanol–water partition coefficient (Wildman–Crippen LogP) is 13.5. The van der Waals surface area contributed by atoms with Crippen LogP contribution < -0.4 is 20.4 Å². The van der Waals surface area contributed by atoms with Gasteiger partial charge in [-0.15, -0.1) is 0 Å². The van der Waals surface area contributed by atoms with E-state index >= 15 is 0 Å². The summed E-state index contributed by atoms with van der Waals surface area (Å²) in [5, 5.41) is 26.7. The van der Waals surface area contributed by atoms with Crippen LogP contribution in [0.1, 0.15) is 179 Å². The third-order valence-corrected chi connectivity index (χ3v) is 21.2. The molecule has 10 aromatic rings. The van der Waals surface area contributed by atoms with Crippen LogP contribution in [0.15, 0.2) is 110 Å². The molecule has 20 nitrogen and oxygen atoms in total. The topological polar surface area (TPSA) is 207 Å². The monoisotopic (exact) mass is 1360 g/mol. The highest BCUT2D eigenvalue weighted by Gasteiger charge is 2.36. The smallest absolute Gasteiger partial charge is 0.256 e. The lowest BCUT2D eigenvalue weighted by Crippen LogP contribution is -2.39. The van der Waals surface area contributed by atoms with E-state index in [1.54, 1.807) is 15.5 Å². The standard InChI is InChI=1S/C27H30N6O.C25H29F2N5O.C24H28ClN5O2/c1-18-16-33-25(29-26(18)31-14-12-20(28)17-31)15-23(30-33)24-11-4-5-13-32(24)27(34)22-10-6-8-19-7-2-3-9-21(19)22;1-15-7-9-30(13-15)24-16(2)14-32-23(28-24)12-21(29-32)22-6-4-5-8-31(22)25(33)19-10-18(26)11-20(27)17(19)3;1-15-8-10-28(13-15)23-16(2)14-30-22(26-23)12-20(27-30)21-5-3-4-9-29(21)24(32)18-11-17(31)6-7-19(18)25/h2-3,6-10,15-16,20,24H,4-5,11-14,17,28H2,1H3;10-12,14-15,22H,4-9,13H2,1-3H3;6-7,11-12,14-15,21,31H,3-5,8-10,13H2,1-2H3/t20-,24?;15-,22-;15-,21-/m000/s1. The zero-order valence-electron chi connectivity index (χ0n) is 57.3. The van der Waals surface area contributed by atoms with E-state index in [1.807, 2.05) is 86.8 Å². The molecule has 6 saturated heterocycles. The highest BCUT2D eigenvalue weighted by atomic mass is 35.5. The third kappa shape index (κ3) is 13.7. The summed E-state index contributed by atoms with van der Waals surface area (Å²) in [6.07, 6.45) is 17.8. The Labute approximate surface area is 580 Å². The molecule has 23 heteroatoms. The molecule has 516 valence electrons. The van der Waals surface area contributed by atoms with Gasteiger partial charge in [0.15, 0.2) is 16.9 Å². The minimum Gasteiger partial charge on any atom is -0.508 e. The fourth-order valence-corrected chi connectivity index (χ4v) is 15.8. The van der Waals surface area contributed by atoms with Crippen molar-refractivity contribution >= 4 is 74.5 Å². The van der Waals surface area contributed by atoms with Crippen LogP contribution in [0, 0.1) is 51.2 Å². The Bertz CT molecular complexity index is 4700. The Morgan fingerprint density at radius 1 is 0.495 bits per heavy atom. The fourth-order valence-electron chi connectivity index (χ4n) is 15.6. The van der Waals surface area contributed by atoms with E-state index in [2.05, 4.69) is 60.6 Å². The van der Waals surface area contributed by atoms with Crippen LogP contribution in [0.4, 0.5) is 26.2 Å². The van der Waals surface area contributed by atoms with Gasteiger partial charge in [0.2, 0.25) is 0 Å². The summed E-state index contributed by atoms with van der Waals surface area (Å²) in [7, 11) is 0. The summed E-state index contributed by atoms with van der Waals surface area (Å²) in [5.74, 6) is 2.45. The zero-order chi connectivity index (χ0) is 68.9. The van der Waals surface area contributed by atoms with Gasteiger partial charge in [0.05, 0.1) is 45.8 Å². The number of anilines is 3. The number of aromatic nitrogens is 9. The van der Waals surface area contributed by atoms with Crippen molar-refractivity contribution in [3.05, 3.63) is 182 Å². The Kier molecular flexibility index (Phi) is 19.0. The number of carbonyl (C=O) groups excluding carboxylic acids is 3. The molecule has 4 aromatic carbocycles. The number of rotatable bonds is 9. The van der Waals surface area contributed by atoms with Crippen molar-refractivity contribution in [3.8, 4) is 5.75 Å². The Hall–Kier alpha value is -9.28. The Morgan fingerprint density at radius 3 is 1.40 bits per heavy atom. The molecule has 3 N–H and O–H groups in total. The van der Waals surface area contributed by atoms with Crippen LogP contribution in [0.25, 0.3) is 27.7 Å². The van der Waals surface area contributed by atoms with E-state index in [4.69, 9.17) is 47.6 Å². The normalized spacial score (nSPS) is 21.2. The summed E-state index contributed by atoms with van der Waals surface area (Å²) in [4.78, 5) is 67.8. The molecule has 0 saturated carbocycles. The first-order valence-electron chi connectivity index (χ1n) is 35.3. The second-order valence-electron chi connectivity index (χ2n) is 28.3. The number of carbonyl (C=O) groups is 3. The maximum absolute atomic E-state index is 14.1. The summed E-state index contributed by atoms with van der Waals surface area (Å²) in [6, 6.07) is 26.2. The van der Waals surface area contributed by atoms with Gasteiger partial charge in [-0.1, -0.05) is 61.8 Å². The van der Waals surface area contributed by atoms with Crippen LogP contribution in [0.5, 0.6) is 5.75 Å². The quantitative estimate of drug-likeness (QED) is 0.138. The lowest BCUT2D eigenvalue weighted by molar-refractivity contribution is 0.0597. The van der Waals surface area contributed by atoms with Crippen molar-refractivity contribution in [2.45, 2.75) is 143 Å². The molecule has 6 aromatic heterocycles. The number of benzene rings is 4. The lowest BCUT2D eigenvalue weighted by Gasteiger charge is -2.35. The number of hydrogen-bond donors (Lipinski definition) is 2. The number of nitrogens with two attached hydrogens (primary N) is 1. The van der Waals surface area contributed by atoms with Gasteiger partial charge in [0.25, 0.3) is 17.7 Å². The molecule has 6 fully saturated rings. The number of nitrogens with zero attached hydrogens (tertiary/aromatic N) is 15. The Balaban J connectivity index is 0.000000127. The third-order valence-electron chi connectivity index (χ3n) is 20.9. The van der Waals surface area contributed by atoms with E-state index in [9.17, 15) is 28.3 Å². The summed E-state index contributed by atoms with van der Waals surface area (Å²) in [6.45, 7) is 20.0. The predicted molar refractivity (Wildman–Crippen MR) is 381 cm³/mol. The van der Waals surface area contributed by atoms with Crippen molar-refractivity contribution in [2.75, 3.05) is 73.6 Å². The van der Waals surface area contributed by atoms with Crippen molar-refractivity contribution in [2.24, 2.45) is 17.6 Å². The van der Waals surface area contributed by atoms with Gasteiger partial charge < -0.3 is 40.2 Å². The van der Waals surface area contributed by atoms with Crippen molar-refractivity contribution in [3.63, 3.8) is 0 Å². The van der Waals surface area contributed by atoms with Gasteiger partial charge in [-0.05, 0) is 163 Å². The van der Waals surface area contributed by atoms with Crippen molar-refractivity contribution < 1.29 is 28.3 Å². The molecule has 6 atom stereocenters. The first kappa shape index (κ1) is 66.9. The number of phenols is 1. The second-order valence-corrected chi connectivity index (χ2v) is 28.7. The summed E-state index contributed by atoms with van der Waals surface area (Å²) >= 11 is 6.28. The molecule has 1 unspecified atom stereocenters. The average molecular weight is 1360 g/mol. The number of fused-ring (bicyclic) bond motifs is 4. The number of aryl methyl sites for hydroxylation is 3. The fraction of sp³-hybridized carbons (Fsp3) is 0.434. The molecule has 12 heterocycles. The van der Waals surface area contributed by atoms with Crippen LogP contribution in [-0.4, -0.2) is 146 Å². The number of amides is 3. The lowest BCUT2D eigenvalue weighted by atomic mass is 9.96. The van der Waals surface area contributed by atoms with Gasteiger partial charge in [0, 0.05) is 136 Å². The Morgan fingerprint density at radius 2 is 0.939 bits per heavy atom. The summed E-state index contributed by atoms with van der Waals surface area (Å²) in [5.41, 5.74) is 15.6. The maximum Gasteiger partial charge on any atom is 0.256 e. The largest absolute Gasteiger partial charge is 0.508 e. The first-order valence-corrected chi connectivity index (χ1v) is 35.6. The van der Waals surface area contributed by atoms with Gasteiger partial charge in [-0.2, -0.15) is 15.3 Å². The van der Waals surface area contributed by atoms with Gasteiger partial charge in [0.1, 0.15) is 34.8 Å².